The maximum absolute atomic E-state index is 13.4. The molecule has 0 spiro atoms. The third kappa shape index (κ3) is 3.10. The highest BCUT2D eigenvalue weighted by atomic mass is 35.5. The van der Waals surface area contributed by atoms with Gasteiger partial charge in [0.05, 0.1) is 13.2 Å². The van der Waals surface area contributed by atoms with E-state index >= 15 is 0 Å². The fourth-order valence-electron chi connectivity index (χ4n) is 2.71. The van der Waals surface area contributed by atoms with Crippen LogP contribution in [0.5, 0.6) is 0 Å². The van der Waals surface area contributed by atoms with Gasteiger partial charge in [-0.2, -0.15) is 0 Å². The molecule has 0 radical (unpaired) electrons. The molecule has 1 unspecified atom stereocenters. The van der Waals surface area contributed by atoms with Gasteiger partial charge in [-0.3, -0.25) is 0 Å². The minimum absolute atomic E-state index is 0.0928. The minimum atomic E-state index is -0.258. The molecule has 1 aliphatic rings. The molecule has 0 fully saturated rings. The molecule has 0 saturated carbocycles. The lowest BCUT2D eigenvalue weighted by Gasteiger charge is -2.18. The Hall–Kier alpha value is -1.42. The highest BCUT2D eigenvalue weighted by molar-refractivity contribution is 6.31. The fraction of sp³-hybridized carbons (Fsp3) is 0.294. The average Bonchev–Trinajstić information content (AvgIpc) is 2.95. The van der Waals surface area contributed by atoms with Crippen LogP contribution in [0.15, 0.2) is 36.4 Å². The largest absolute Gasteiger partial charge is 0.372 e. The van der Waals surface area contributed by atoms with Gasteiger partial charge in [0.15, 0.2) is 0 Å². The molecule has 2 aromatic rings. The molecule has 110 valence electrons. The van der Waals surface area contributed by atoms with Crippen LogP contribution < -0.4 is 5.32 Å². The summed E-state index contributed by atoms with van der Waals surface area (Å²) < 4.78 is 18.8. The van der Waals surface area contributed by atoms with Crippen molar-refractivity contribution in [3.8, 4) is 0 Å². The van der Waals surface area contributed by atoms with Gasteiger partial charge < -0.3 is 10.1 Å². The lowest BCUT2D eigenvalue weighted by molar-refractivity contribution is 0.134. The zero-order valence-electron chi connectivity index (χ0n) is 11.8. The summed E-state index contributed by atoms with van der Waals surface area (Å²) in [5.41, 5.74) is 4.46. The van der Waals surface area contributed by atoms with E-state index in [1.54, 1.807) is 6.07 Å². The summed E-state index contributed by atoms with van der Waals surface area (Å²) in [6.45, 7) is 1.36. The van der Waals surface area contributed by atoms with Gasteiger partial charge in [0.25, 0.3) is 0 Å². The van der Waals surface area contributed by atoms with Crippen LogP contribution in [0, 0.1) is 5.82 Å². The first-order valence-corrected chi connectivity index (χ1v) is 7.36. The average molecular weight is 306 g/mol. The van der Waals surface area contributed by atoms with Crippen molar-refractivity contribution in [2.24, 2.45) is 0 Å². The van der Waals surface area contributed by atoms with E-state index in [9.17, 15) is 4.39 Å². The lowest BCUT2D eigenvalue weighted by Crippen LogP contribution is -2.19. The summed E-state index contributed by atoms with van der Waals surface area (Å²) in [5.74, 6) is -0.258. The summed E-state index contributed by atoms with van der Waals surface area (Å²) in [4.78, 5) is 0. The standard InChI is InChI=1S/C17H17ClFNO/c1-20-17(8-13-7-15(19)4-5-16(13)18)11-2-3-12-9-21-10-14(12)6-11/h2-7,17,20H,8-10H2,1H3. The van der Waals surface area contributed by atoms with Crippen LogP contribution in [0.4, 0.5) is 4.39 Å². The molecule has 21 heavy (non-hydrogen) atoms. The molecule has 2 nitrogen and oxygen atoms in total. The normalized spacial score (nSPS) is 15.0. The summed E-state index contributed by atoms with van der Waals surface area (Å²) >= 11 is 6.16. The zero-order chi connectivity index (χ0) is 14.8. The number of ether oxygens (including phenoxy) is 1. The van der Waals surface area contributed by atoms with Gasteiger partial charge in [0.1, 0.15) is 5.82 Å². The molecule has 3 rings (SSSR count). The number of hydrogen-bond acceptors (Lipinski definition) is 2. The van der Waals surface area contributed by atoms with Gasteiger partial charge in [-0.25, -0.2) is 4.39 Å². The summed E-state index contributed by atoms with van der Waals surface area (Å²) in [5, 5.41) is 3.88. The fourth-order valence-corrected chi connectivity index (χ4v) is 2.91. The third-order valence-corrected chi connectivity index (χ3v) is 4.30. The predicted molar refractivity (Wildman–Crippen MR) is 81.8 cm³/mol. The number of hydrogen-bond donors (Lipinski definition) is 1. The quantitative estimate of drug-likeness (QED) is 0.921. The molecule has 1 aliphatic heterocycles. The summed E-state index contributed by atoms with van der Waals surface area (Å²) in [6.07, 6.45) is 0.646. The van der Waals surface area contributed by atoms with Crippen molar-refractivity contribution in [1.29, 1.82) is 0 Å². The molecule has 0 bridgehead atoms. The second-order valence-corrected chi connectivity index (χ2v) is 5.71. The van der Waals surface area contributed by atoms with Gasteiger partial charge >= 0.3 is 0 Å². The molecular weight excluding hydrogens is 289 g/mol. The second-order valence-electron chi connectivity index (χ2n) is 5.30. The van der Waals surface area contributed by atoms with Crippen LogP contribution in [0.3, 0.4) is 0 Å². The second kappa shape index (κ2) is 6.14. The van der Waals surface area contributed by atoms with Gasteiger partial charge in [0, 0.05) is 11.1 Å². The number of rotatable bonds is 4. The topological polar surface area (TPSA) is 21.3 Å². The van der Waals surface area contributed by atoms with Crippen LogP contribution in [0.25, 0.3) is 0 Å². The Kier molecular flexibility index (Phi) is 4.24. The van der Waals surface area contributed by atoms with Crippen LogP contribution in [-0.4, -0.2) is 7.05 Å². The van der Waals surface area contributed by atoms with Crippen molar-refractivity contribution in [2.75, 3.05) is 7.05 Å². The third-order valence-electron chi connectivity index (χ3n) is 3.93. The van der Waals surface area contributed by atoms with E-state index in [1.165, 1.54) is 28.8 Å². The first-order valence-electron chi connectivity index (χ1n) is 6.98. The molecule has 1 atom stereocenters. The van der Waals surface area contributed by atoms with Crippen LogP contribution in [-0.2, 0) is 24.4 Å². The number of benzene rings is 2. The van der Waals surface area contributed by atoms with Crippen molar-refractivity contribution < 1.29 is 9.13 Å². The van der Waals surface area contributed by atoms with Crippen LogP contribution >= 0.6 is 11.6 Å². The Morgan fingerprint density at radius 2 is 2.00 bits per heavy atom. The number of likely N-dealkylation sites (N-methyl/N-ethyl adjacent to an activating group) is 1. The van der Waals surface area contributed by atoms with Crippen molar-refractivity contribution >= 4 is 11.6 Å². The molecule has 1 N–H and O–H groups in total. The lowest BCUT2D eigenvalue weighted by atomic mass is 9.96. The van der Waals surface area contributed by atoms with E-state index < -0.39 is 0 Å². The Morgan fingerprint density at radius 3 is 2.81 bits per heavy atom. The first kappa shape index (κ1) is 14.5. The van der Waals surface area contributed by atoms with Gasteiger partial charge in [0.2, 0.25) is 0 Å². The van der Waals surface area contributed by atoms with Crippen molar-refractivity contribution in [3.05, 3.63) is 69.5 Å². The summed E-state index contributed by atoms with van der Waals surface area (Å²) in [7, 11) is 1.90. The molecule has 0 amide bonds. The Balaban J connectivity index is 1.86. The molecule has 2 aromatic carbocycles. The Morgan fingerprint density at radius 1 is 1.19 bits per heavy atom. The van der Waals surface area contributed by atoms with Crippen molar-refractivity contribution in [2.45, 2.75) is 25.7 Å². The SMILES string of the molecule is CNC(Cc1cc(F)ccc1Cl)c1ccc2c(c1)COC2. The first-order chi connectivity index (χ1) is 10.2. The smallest absolute Gasteiger partial charge is 0.123 e. The van der Waals surface area contributed by atoms with E-state index in [0.29, 0.717) is 24.7 Å². The summed E-state index contributed by atoms with van der Waals surface area (Å²) in [6, 6.07) is 11.0. The molecule has 1 heterocycles. The number of fused-ring (bicyclic) bond motifs is 1. The molecule has 0 aliphatic carbocycles. The Bertz CT molecular complexity index is 659. The van der Waals surface area contributed by atoms with Gasteiger partial charge in [-0.1, -0.05) is 29.8 Å². The van der Waals surface area contributed by atoms with Crippen molar-refractivity contribution in [3.63, 3.8) is 0 Å². The maximum Gasteiger partial charge on any atom is 0.123 e. The highest BCUT2D eigenvalue weighted by Crippen LogP contribution is 2.28. The van der Waals surface area contributed by atoms with Crippen LogP contribution in [0.1, 0.15) is 28.3 Å². The number of nitrogens with one attached hydrogen (secondary N) is 1. The maximum atomic E-state index is 13.4. The van der Waals surface area contributed by atoms with Crippen LogP contribution in [0.2, 0.25) is 5.02 Å². The van der Waals surface area contributed by atoms with Crippen molar-refractivity contribution in [1.82, 2.24) is 5.32 Å². The van der Waals surface area contributed by atoms with E-state index in [1.807, 2.05) is 7.05 Å². The van der Waals surface area contributed by atoms with E-state index in [0.717, 1.165) is 5.56 Å². The molecule has 0 saturated heterocycles. The van der Waals surface area contributed by atoms with E-state index in [2.05, 4.69) is 23.5 Å². The highest BCUT2D eigenvalue weighted by Gasteiger charge is 2.17. The zero-order valence-corrected chi connectivity index (χ0v) is 12.6. The molecule has 0 aromatic heterocycles. The monoisotopic (exact) mass is 305 g/mol. The van der Waals surface area contributed by atoms with E-state index in [-0.39, 0.29) is 11.9 Å². The van der Waals surface area contributed by atoms with Gasteiger partial charge in [-0.05, 0) is 53.9 Å². The number of halogens is 2. The van der Waals surface area contributed by atoms with E-state index in [4.69, 9.17) is 16.3 Å². The molecular formula is C17H17ClFNO. The minimum Gasteiger partial charge on any atom is -0.372 e. The predicted octanol–water partition coefficient (Wildman–Crippen LogP) is 4.01. The Labute approximate surface area is 128 Å². The molecule has 4 heteroatoms. The van der Waals surface area contributed by atoms with Gasteiger partial charge in [-0.15, -0.1) is 0 Å².